The van der Waals surface area contributed by atoms with Crippen molar-refractivity contribution in [1.29, 1.82) is 0 Å². The molecule has 98 valence electrons. The zero-order valence-electron chi connectivity index (χ0n) is 11.2. The number of nitrogens with one attached hydrogen (secondary N) is 1. The summed E-state index contributed by atoms with van der Waals surface area (Å²) in [5.74, 6) is 0.170. The maximum absolute atomic E-state index is 11.9. The van der Waals surface area contributed by atoms with Crippen LogP contribution in [0, 0.1) is 0 Å². The third kappa shape index (κ3) is 3.70. The van der Waals surface area contributed by atoms with Crippen LogP contribution in [0.25, 0.3) is 0 Å². The minimum absolute atomic E-state index is 0.0637. The molecule has 0 aromatic carbocycles. The molecule has 5 nitrogen and oxygen atoms in total. The fraction of sp³-hybridized carbons (Fsp3) is 0.833. The molecule has 0 unspecified atom stereocenters. The van der Waals surface area contributed by atoms with Crippen molar-refractivity contribution >= 4 is 11.8 Å². The van der Waals surface area contributed by atoms with E-state index in [1.165, 1.54) is 0 Å². The lowest BCUT2D eigenvalue weighted by Crippen LogP contribution is -2.49. The highest BCUT2D eigenvalue weighted by molar-refractivity contribution is 5.79. The van der Waals surface area contributed by atoms with Crippen LogP contribution in [0.2, 0.25) is 0 Å². The summed E-state index contributed by atoms with van der Waals surface area (Å²) in [5.41, 5.74) is -0.259. The summed E-state index contributed by atoms with van der Waals surface area (Å²) in [4.78, 5) is 27.2. The summed E-state index contributed by atoms with van der Waals surface area (Å²) in [5, 5.41) is 2.84. The molecule has 1 rings (SSSR count). The normalized spacial score (nSPS) is 20.6. The molecular formula is C12H23N3O2. The van der Waals surface area contributed by atoms with Gasteiger partial charge in [-0.2, -0.15) is 0 Å². The molecule has 2 amide bonds. The molecule has 0 atom stereocenters. The Morgan fingerprint density at radius 1 is 1.53 bits per heavy atom. The van der Waals surface area contributed by atoms with Crippen molar-refractivity contribution in [3.63, 3.8) is 0 Å². The molecule has 1 N–H and O–H groups in total. The summed E-state index contributed by atoms with van der Waals surface area (Å²) in [6.07, 6.45) is 0.441. The zero-order chi connectivity index (χ0) is 13.1. The van der Waals surface area contributed by atoms with Crippen LogP contribution < -0.4 is 5.32 Å². The van der Waals surface area contributed by atoms with Crippen LogP contribution in [0.4, 0.5) is 0 Å². The predicted octanol–water partition coefficient (Wildman–Crippen LogP) is 0.0652. The van der Waals surface area contributed by atoms with E-state index in [0.717, 1.165) is 6.54 Å². The van der Waals surface area contributed by atoms with E-state index in [9.17, 15) is 9.59 Å². The topological polar surface area (TPSA) is 52.7 Å². The Labute approximate surface area is 103 Å². The van der Waals surface area contributed by atoms with E-state index in [1.807, 2.05) is 20.8 Å². The van der Waals surface area contributed by atoms with Crippen molar-refractivity contribution in [3.05, 3.63) is 0 Å². The van der Waals surface area contributed by atoms with Crippen LogP contribution in [-0.4, -0.2) is 60.4 Å². The molecule has 0 aromatic heterocycles. The first-order chi connectivity index (χ1) is 7.86. The van der Waals surface area contributed by atoms with Gasteiger partial charge in [0.2, 0.25) is 11.8 Å². The van der Waals surface area contributed by atoms with Crippen LogP contribution in [0.15, 0.2) is 0 Å². The monoisotopic (exact) mass is 241 g/mol. The summed E-state index contributed by atoms with van der Waals surface area (Å²) in [7, 11) is 1.80. The van der Waals surface area contributed by atoms with E-state index >= 15 is 0 Å². The van der Waals surface area contributed by atoms with Crippen molar-refractivity contribution < 1.29 is 9.59 Å². The van der Waals surface area contributed by atoms with Gasteiger partial charge in [0.05, 0.1) is 6.54 Å². The van der Waals surface area contributed by atoms with E-state index in [4.69, 9.17) is 0 Å². The fourth-order valence-electron chi connectivity index (χ4n) is 1.95. The van der Waals surface area contributed by atoms with Gasteiger partial charge in [0.1, 0.15) is 0 Å². The first kappa shape index (κ1) is 14.0. The van der Waals surface area contributed by atoms with Crippen LogP contribution in [0.5, 0.6) is 0 Å². The summed E-state index contributed by atoms with van der Waals surface area (Å²) >= 11 is 0. The fourth-order valence-corrected chi connectivity index (χ4v) is 1.95. The van der Waals surface area contributed by atoms with Gasteiger partial charge in [-0.15, -0.1) is 0 Å². The van der Waals surface area contributed by atoms with Crippen molar-refractivity contribution in [3.8, 4) is 0 Å². The molecule has 1 fully saturated rings. The third-order valence-electron chi connectivity index (χ3n) is 3.38. The number of carbonyl (C=O) groups excluding carboxylic acids is 2. The highest BCUT2D eigenvalue weighted by Gasteiger charge is 2.33. The van der Waals surface area contributed by atoms with Crippen LogP contribution in [-0.2, 0) is 9.59 Å². The van der Waals surface area contributed by atoms with Crippen molar-refractivity contribution in [2.45, 2.75) is 32.7 Å². The first-order valence-electron chi connectivity index (χ1n) is 6.12. The molecule has 0 aliphatic carbocycles. The number of likely N-dealkylation sites (N-methyl/N-ethyl adjacent to an activating group) is 1. The lowest BCUT2D eigenvalue weighted by molar-refractivity contribution is -0.133. The molecule has 1 saturated heterocycles. The number of nitrogens with zero attached hydrogens (tertiary/aromatic N) is 2. The molecule has 0 radical (unpaired) electrons. The quantitative estimate of drug-likeness (QED) is 0.760. The Hall–Kier alpha value is -1.10. The molecule has 0 spiro atoms. The SMILES string of the molecule is CCN(C)C(=O)CN1CCNC(=O)CC1(C)C. The second-order valence-corrected chi connectivity index (χ2v) is 5.17. The molecule has 17 heavy (non-hydrogen) atoms. The average molecular weight is 241 g/mol. The maximum atomic E-state index is 11.9. The largest absolute Gasteiger partial charge is 0.355 e. The van der Waals surface area contributed by atoms with Gasteiger partial charge in [-0.05, 0) is 20.8 Å². The van der Waals surface area contributed by atoms with Crippen molar-refractivity contribution in [2.24, 2.45) is 0 Å². The Balaban J connectivity index is 2.68. The lowest BCUT2D eigenvalue weighted by atomic mass is 9.98. The van der Waals surface area contributed by atoms with Crippen LogP contribution in [0.3, 0.4) is 0 Å². The number of hydrogen-bond acceptors (Lipinski definition) is 3. The summed E-state index contributed by atoms with van der Waals surface area (Å²) in [6, 6.07) is 0. The van der Waals surface area contributed by atoms with Gasteiger partial charge in [0, 0.05) is 38.6 Å². The maximum Gasteiger partial charge on any atom is 0.236 e. The molecule has 5 heteroatoms. The molecule has 1 aliphatic rings. The van der Waals surface area contributed by atoms with Gasteiger partial charge in [-0.3, -0.25) is 14.5 Å². The van der Waals surface area contributed by atoms with Crippen molar-refractivity contribution in [2.75, 3.05) is 33.2 Å². The average Bonchev–Trinajstić information content (AvgIpc) is 2.36. The third-order valence-corrected chi connectivity index (χ3v) is 3.38. The number of hydrogen-bond donors (Lipinski definition) is 1. The van der Waals surface area contributed by atoms with Gasteiger partial charge < -0.3 is 10.2 Å². The summed E-state index contributed by atoms with van der Waals surface area (Å²) < 4.78 is 0. The standard InChI is InChI=1S/C12H23N3O2/c1-5-14(4)11(17)9-15-7-6-13-10(16)8-12(15,2)3/h5-9H2,1-4H3,(H,13,16). The molecular weight excluding hydrogens is 218 g/mol. The van der Waals surface area contributed by atoms with Crippen LogP contribution in [0.1, 0.15) is 27.2 Å². The van der Waals surface area contributed by atoms with Gasteiger partial charge in [-0.1, -0.05) is 0 Å². The van der Waals surface area contributed by atoms with E-state index in [2.05, 4.69) is 10.2 Å². The molecule has 0 saturated carbocycles. The Morgan fingerprint density at radius 2 is 2.18 bits per heavy atom. The highest BCUT2D eigenvalue weighted by Crippen LogP contribution is 2.20. The molecule has 0 aromatic rings. The van der Waals surface area contributed by atoms with E-state index in [0.29, 0.717) is 26.1 Å². The summed E-state index contributed by atoms with van der Waals surface area (Å²) in [6.45, 7) is 8.41. The second-order valence-electron chi connectivity index (χ2n) is 5.17. The number of rotatable bonds is 3. The number of amides is 2. The highest BCUT2D eigenvalue weighted by atomic mass is 16.2. The smallest absolute Gasteiger partial charge is 0.236 e. The van der Waals surface area contributed by atoms with Gasteiger partial charge in [0.25, 0.3) is 0 Å². The van der Waals surface area contributed by atoms with Gasteiger partial charge in [-0.25, -0.2) is 0 Å². The molecule has 1 aliphatic heterocycles. The van der Waals surface area contributed by atoms with Crippen LogP contribution >= 0.6 is 0 Å². The Morgan fingerprint density at radius 3 is 2.76 bits per heavy atom. The lowest BCUT2D eigenvalue weighted by Gasteiger charge is -2.36. The van der Waals surface area contributed by atoms with Gasteiger partial charge >= 0.3 is 0 Å². The van der Waals surface area contributed by atoms with E-state index in [-0.39, 0.29) is 17.4 Å². The predicted molar refractivity (Wildman–Crippen MR) is 66.6 cm³/mol. The minimum atomic E-state index is -0.259. The van der Waals surface area contributed by atoms with Gasteiger partial charge in [0.15, 0.2) is 0 Å². The Bertz CT molecular complexity index is 302. The molecule has 0 bridgehead atoms. The Kier molecular flexibility index (Phi) is 4.51. The number of carbonyl (C=O) groups is 2. The minimum Gasteiger partial charge on any atom is -0.355 e. The zero-order valence-corrected chi connectivity index (χ0v) is 11.2. The second kappa shape index (κ2) is 5.49. The van der Waals surface area contributed by atoms with E-state index < -0.39 is 0 Å². The molecule has 1 heterocycles. The van der Waals surface area contributed by atoms with E-state index in [1.54, 1.807) is 11.9 Å². The first-order valence-corrected chi connectivity index (χ1v) is 6.12. The van der Waals surface area contributed by atoms with Crippen molar-refractivity contribution in [1.82, 2.24) is 15.1 Å².